The molecule has 0 aliphatic carbocycles. The Balaban J connectivity index is 2.80. The largest absolute Gasteiger partial charge is 0.383 e. The average Bonchev–Trinajstić information content (AvgIpc) is 3.10. The van der Waals surface area contributed by atoms with Crippen LogP contribution in [-0.2, 0) is 16.1 Å². The first-order chi connectivity index (χ1) is 12.2. The highest BCUT2D eigenvalue weighted by Gasteiger charge is 2.27. The van der Waals surface area contributed by atoms with E-state index < -0.39 is 5.41 Å². The Kier molecular flexibility index (Phi) is 6.34. The number of Topliss-reactive ketones (excluding diaryl/α,β-unsaturated/α-hetero) is 1. The van der Waals surface area contributed by atoms with Crippen molar-refractivity contribution in [3.63, 3.8) is 0 Å². The van der Waals surface area contributed by atoms with Crippen LogP contribution in [0, 0.1) is 23.7 Å². The van der Waals surface area contributed by atoms with Gasteiger partial charge in [0.05, 0.1) is 17.7 Å². The number of rotatable bonds is 5. The van der Waals surface area contributed by atoms with Gasteiger partial charge in [-0.25, -0.2) is 0 Å². The van der Waals surface area contributed by atoms with Crippen LogP contribution >= 0.6 is 22.7 Å². The smallest absolute Gasteiger partial charge is 0.269 e. The molecule has 0 N–H and O–H groups in total. The van der Waals surface area contributed by atoms with E-state index >= 15 is 0 Å². The highest BCUT2D eigenvalue weighted by molar-refractivity contribution is 7.13. The summed E-state index contributed by atoms with van der Waals surface area (Å²) >= 11 is 2.77. The Bertz CT molecular complexity index is 1030. The molecule has 2 heterocycles. The van der Waals surface area contributed by atoms with E-state index in [1.54, 1.807) is 39.2 Å². The number of hydrogen-bond donors (Lipinski definition) is 0. The summed E-state index contributed by atoms with van der Waals surface area (Å²) in [6.07, 6.45) is 1.81. The number of thiophene rings is 1. The molecule has 0 unspecified atom stereocenters. The highest BCUT2D eigenvalue weighted by Crippen LogP contribution is 2.19. The first-order valence-corrected chi connectivity index (χ1v) is 9.78. The van der Waals surface area contributed by atoms with Gasteiger partial charge in [0.25, 0.3) is 5.56 Å². The second-order valence-electron chi connectivity index (χ2n) is 6.88. The van der Waals surface area contributed by atoms with Crippen molar-refractivity contribution in [2.45, 2.75) is 34.2 Å². The summed E-state index contributed by atoms with van der Waals surface area (Å²) in [6, 6.07) is 5.96. The van der Waals surface area contributed by atoms with E-state index in [0.29, 0.717) is 22.3 Å². The van der Waals surface area contributed by atoms with Crippen molar-refractivity contribution in [1.82, 2.24) is 4.57 Å². The molecule has 7 heteroatoms. The van der Waals surface area contributed by atoms with Gasteiger partial charge in [-0.3, -0.25) is 14.2 Å². The van der Waals surface area contributed by atoms with Crippen LogP contribution in [-0.4, -0.2) is 24.1 Å². The molecule has 0 amide bonds. The van der Waals surface area contributed by atoms with Gasteiger partial charge in [-0.2, -0.15) is 5.26 Å². The van der Waals surface area contributed by atoms with E-state index in [0.717, 1.165) is 9.75 Å². The number of hydrogen-bond acceptors (Lipinski definition) is 6. The number of thiazole rings is 1. The summed E-state index contributed by atoms with van der Waals surface area (Å²) in [5, 5.41) is 9.60. The molecule has 26 heavy (non-hydrogen) atoms. The van der Waals surface area contributed by atoms with E-state index in [1.165, 1.54) is 15.9 Å². The van der Waals surface area contributed by atoms with Crippen molar-refractivity contribution in [2.75, 3.05) is 13.7 Å². The van der Waals surface area contributed by atoms with Crippen molar-refractivity contribution >= 4 is 40.1 Å². The number of aromatic nitrogens is 1. The minimum atomic E-state index is -0.702. The van der Waals surface area contributed by atoms with Gasteiger partial charge in [-0.15, -0.1) is 22.7 Å². The number of nitriles is 1. The SMILES string of the molecule is COCCn1c(=O)/c(=C\c2ccc(C)s2)s/c1=C(\C#N)C(=O)C(C)(C)C. The van der Waals surface area contributed by atoms with Crippen LogP contribution in [0.1, 0.15) is 30.5 Å². The number of methoxy groups -OCH3 is 1. The van der Waals surface area contributed by atoms with Crippen molar-refractivity contribution in [3.05, 3.63) is 41.4 Å². The molecule has 0 saturated carbocycles. The molecule has 0 atom stereocenters. The van der Waals surface area contributed by atoms with Crippen LogP contribution in [0.2, 0.25) is 0 Å². The zero-order valence-electron chi connectivity index (χ0n) is 15.6. The number of nitrogens with zero attached hydrogens (tertiary/aromatic N) is 2. The van der Waals surface area contributed by atoms with E-state index in [9.17, 15) is 14.9 Å². The van der Waals surface area contributed by atoms with E-state index in [1.807, 2.05) is 31.2 Å². The van der Waals surface area contributed by atoms with E-state index in [-0.39, 0.29) is 16.9 Å². The number of aryl methyl sites for hydroxylation is 1. The van der Waals surface area contributed by atoms with Crippen molar-refractivity contribution in [1.29, 1.82) is 5.26 Å². The first kappa shape index (κ1) is 20.3. The second-order valence-corrected chi connectivity index (χ2v) is 9.23. The molecule has 0 aromatic carbocycles. The molecule has 2 aromatic heterocycles. The lowest BCUT2D eigenvalue weighted by molar-refractivity contribution is -0.120. The lowest BCUT2D eigenvalue weighted by Gasteiger charge is -2.15. The third-order valence-corrected chi connectivity index (χ3v) is 5.77. The molecule has 0 aliphatic heterocycles. The average molecular weight is 391 g/mol. The topological polar surface area (TPSA) is 72.1 Å². The molecule has 2 rings (SSSR count). The third-order valence-electron chi connectivity index (χ3n) is 3.70. The van der Waals surface area contributed by atoms with Crippen LogP contribution in [0.25, 0.3) is 11.6 Å². The lowest BCUT2D eigenvalue weighted by Crippen LogP contribution is -2.35. The van der Waals surface area contributed by atoms with Gasteiger partial charge in [0.2, 0.25) is 0 Å². The molecule has 0 aliphatic rings. The Hall–Kier alpha value is -2.01. The standard InChI is InChI=1S/C19H22N2O3S2/c1-12-6-7-13(25-12)10-15-17(23)21(8-9-24-5)18(26-15)14(11-20)16(22)19(2,3)4/h6-7,10H,8-9H2,1-5H3/b15-10+,18-14+. The van der Waals surface area contributed by atoms with Crippen LogP contribution in [0.4, 0.5) is 0 Å². The van der Waals surface area contributed by atoms with E-state index in [4.69, 9.17) is 4.74 Å². The van der Waals surface area contributed by atoms with Crippen LogP contribution < -0.4 is 14.8 Å². The molecular formula is C19H22N2O3S2. The summed E-state index contributed by atoms with van der Waals surface area (Å²) < 4.78 is 7.47. The molecule has 5 nitrogen and oxygen atoms in total. The minimum Gasteiger partial charge on any atom is -0.383 e. The van der Waals surface area contributed by atoms with E-state index in [2.05, 4.69) is 0 Å². The monoisotopic (exact) mass is 390 g/mol. The normalized spacial score (nSPS) is 13.6. The quantitative estimate of drug-likeness (QED) is 0.783. The molecule has 0 bridgehead atoms. The van der Waals surface area contributed by atoms with Crippen molar-refractivity contribution in [3.8, 4) is 6.07 Å². The molecular weight excluding hydrogens is 368 g/mol. The number of ether oxygens (including phenoxy) is 1. The summed E-state index contributed by atoms with van der Waals surface area (Å²) in [5.41, 5.74) is -0.883. The second kappa shape index (κ2) is 8.12. The highest BCUT2D eigenvalue weighted by atomic mass is 32.1. The fraction of sp³-hybridized carbons (Fsp3) is 0.421. The number of carbonyl (C=O) groups excluding carboxylic acids is 1. The summed E-state index contributed by atoms with van der Waals surface area (Å²) in [4.78, 5) is 27.7. The first-order valence-electron chi connectivity index (χ1n) is 8.15. The third kappa shape index (κ3) is 4.39. The Morgan fingerprint density at radius 1 is 1.35 bits per heavy atom. The molecule has 2 aromatic rings. The fourth-order valence-electron chi connectivity index (χ4n) is 2.32. The Labute approximate surface area is 160 Å². The minimum absolute atomic E-state index is 0.0257. The van der Waals surface area contributed by atoms with Gasteiger partial charge in [0, 0.05) is 22.3 Å². The molecule has 0 fully saturated rings. The Morgan fingerprint density at radius 2 is 2.04 bits per heavy atom. The molecule has 0 radical (unpaired) electrons. The predicted octanol–water partition coefficient (Wildman–Crippen LogP) is 2.04. The molecule has 138 valence electrons. The zero-order chi connectivity index (χ0) is 19.5. The van der Waals surface area contributed by atoms with Gasteiger partial charge in [0.1, 0.15) is 16.3 Å². The number of carbonyl (C=O) groups is 1. The number of ketones is 1. The van der Waals surface area contributed by atoms with Crippen LogP contribution in [0.15, 0.2) is 16.9 Å². The van der Waals surface area contributed by atoms with Crippen LogP contribution in [0.3, 0.4) is 0 Å². The van der Waals surface area contributed by atoms with Crippen molar-refractivity contribution < 1.29 is 9.53 Å². The Morgan fingerprint density at radius 3 is 2.54 bits per heavy atom. The van der Waals surface area contributed by atoms with Gasteiger partial charge in [-0.1, -0.05) is 20.8 Å². The molecule has 0 saturated heterocycles. The van der Waals surface area contributed by atoms with Crippen LogP contribution in [0.5, 0.6) is 0 Å². The summed E-state index contributed by atoms with van der Waals surface area (Å²) in [6.45, 7) is 7.91. The molecule has 0 spiro atoms. The van der Waals surface area contributed by atoms with Gasteiger partial charge < -0.3 is 4.74 Å². The summed E-state index contributed by atoms with van der Waals surface area (Å²) in [7, 11) is 1.55. The van der Waals surface area contributed by atoms with Gasteiger partial charge >= 0.3 is 0 Å². The summed E-state index contributed by atoms with van der Waals surface area (Å²) in [5.74, 6) is -0.272. The maximum Gasteiger partial charge on any atom is 0.269 e. The lowest BCUT2D eigenvalue weighted by atomic mass is 9.87. The van der Waals surface area contributed by atoms with Gasteiger partial charge in [0.15, 0.2) is 5.78 Å². The fourth-order valence-corrected chi connectivity index (χ4v) is 4.33. The zero-order valence-corrected chi connectivity index (χ0v) is 17.2. The maximum absolute atomic E-state index is 12.9. The van der Waals surface area contributed by atoms with Gasteiger partial charge in [-0.05, 0) is 25.1 Å². The predicted molar refractivity (Wildman–Crippen MR) is 106 cm³/mol. The maximum atomic E-state index is 12.9. The van der Waals surface area contributed by atoms with Crippen molar-refractivity contribution in [2.24, 2.45) is 5.41 Å².